The highest BCUT2D eigenvalue weighted by Crippen LogP contribution is 2.31. The lowest BCUT2D eigenvalue weighted by atomic mass is 9.94. The van der Waals surface area contributed by atoms with Crippen LogP contribution in [0.25, 0.3) is 5.69 Å². The van der Waals surface area contributed by atoms with Gasteiger partial charge in [0.25, 0.3) is 0 Å². The molecule has 210 valence electrons. The van der Waals surface area contributed by atoms with Crippen molar-refractivity contribution in [3.8, 4) is 11.6 Å². The Bertz CT molecular complexity index is 1260. The normalized spacial score (nSPS) is 18.2. The van der Waals surface area contributed by atoms with Crippen LogP contribution in [0.15, 0.2) is 48.5 Å². The van der Waals surface area contributed by atoms with Gasteiger partial charge in [-0.3, -0.25) is 10.2 Å². The van der Waals surface area contributed by atoms with Crippen molar-refractivity contribution in [3.05, 3.63) is 71.3 Å². The molecule has 3 aromatic rings. The van der Waals surface area contributed by atoms with Gasteiger partial charge in [0, 0.05) is 32.7 Å². The number of nitrogens with zero attached hydrogens (tertiary/aromatic N) is 3. The zero-order valence-electron chi connectivity index (χ0n) is 22.4. The molecule has 0 radical (unpaired) electrons. The van der Waals surface area contributed by atoms with Crippen LogP contribution in [0, 0.1) is 18.6 Å². The van der Waals surface area contributed by atoms with Crippen molar-refractivity contribution in [2.75, 3.05) is 45.3 Å². The molecule has 2 aromatic carbocycles. The second-order valence-electron chi connectivity index (χ2n) is 9.64. The molecule has 0 unspecified atom stereocenters. The maximum atomic E-state index is 14.1. The number of aliphatic hydroxyl groups excluding tert-OH is 1. The third-order valence-corrected chi connectivity index (χ3v) is 6.89. The predicted molar refractivity (Wildman–Crippen MR) is 143 cm³/mol. The first-order chi connectivity index (χ1) is 18.8. The molecule has 3 N–H and O–H groups in total. The molecule has 9 nitrogen and oxygen atoms in total. The Kier molecular flexibility index (Phi) is 9.50. The van der Waals surface area contributed by atoms with Gasteiger partial charge in [0.2, 0.25) is 5.88 Å². The molecule has 39 heavy (non-hydrogen) atoms. The SMILES string of the molecule is CC[C@@H](O)COc1nn(-c2ccccc2)c(NC(=O)N[C@@H]2CN(CCOC)C[C@H]2c2ccc(F)c(F)c2)c1C. The summed E-state index contributed by atoms with van der Waals surface area (Å²) in [4.78, 5) is 15.4. The minimum absolute atomic E-state index is 0.0735. The lowest BCUT2D eigenvalue weighted by molar-refractivity contribution is 0.101. The van der Waals surface area contributed by atoms with E-state index < -0.39 is 23.8 Å². The summed E-state index contributed by atoms with van der Waals surface area (Å²) < 4.78 is 40.2. The van der Waals surface area contributed by atoms with Crippen LogP contribution in [0.1, 0.15) is 30.4 Å². The zero-order chi connectivity index (χ0) is 27.9. The average molecular weight is 544 g/mol. The summed E-state index contributed by atoms with van der Waals surface area (Å²) in [5, 5.41) is 20.4. The van der Waals surface area contributed by atoms with E-state index in [0.717, 1.165) is 6.07 Å². The van der Waals surface area contributed by atoms with Gasteiger partial charge in [0.05, 0.1) is 30.0 Å². The molecule has 3 atom stereocenters. The second-order valence-corrected chi connectivity index (χ2v) is 9.64. The molecule has 1 saturated heterocycles. The first kappa shape index (κ1) is 28.5. The Morgan fingerprint density at radius 2 is 1.95 bits per heavy atom. The van der Waals surface area contributed by atoms with Gasteiger partial charge in [-0.2, -0.15) is 0 Å². The van der Waals surface area contributed by atoms with Crippen LogP contribution in [0.2, 0.25) is 0 Å². The number of benzene rings is 2. The van der Waals surface area contributed by atoms with Crippen molar-refractivity contribution in [2.45, 2.75) is 38.3 Å². The number of urea groups is 1. The molecular formula is C28H35F2N5O4. The summed E-state index contributed by atoms with van der Waals surface area (Å²) in [6, 6.07) is 12.3. The smallest absolute Gasteiger partial charge is 0.320 e. The van der Waals surface area contributed by atoms with E-state index in [1.54, 1.807) is 24.8 Å². The summed E-state index contributed by atoms with van der Waals surface area (Å²) in [6.45, 7) is 5.92. The number of carbonyl (C=O) groups excluding carboxylic acids is 1. The van der Waals surface area contributed by atoms with Crippen molar-refractivity contribution in [2.24, 2.45) is 0 Å². The lowest BCUT2D eigenvalue weighted by Crippen LogP contribution is -2.42. The molecule has 0 aliphatic carbocycles. The fourth-order valence-electron chi connectivity index (χ4n) is 4.64. The van der Waals surface area contributed by atoms with E-state index in [1.165, 1.54) is 6.07 Å². The Morgan fingerprint density at radius 1 is 1.18 bits per heavy atom. The summed E-state index contributed by atoms with van der Waals surface area (Å²) in [5.41, 5.74) is 1.92. The molecule has 4 rings (SSSR count). The molecule has 0 spiro atoms. The van der Waals surface area contributed by atoms with Gasteiger partial charge in [0.15, 0.2) is 11.6 Å². The highest BCUT2D eigenvalue weighted by Gasteiger charge is 2.35. The summed E-state index contributed by atoms with van der Waals surface area (Å²) in [6.07, 6.45) is -0.101. The van der Waals surface area contributed by atoms with Crippen molar-refractivity contribution in [1.29, 1.82) is 0 Å². The standard InChI is InChI=1S/C28H35F2N5O4/c1-4-21(36)17-39-27-18(2)26(35(33-27)20-8-6-5-7-9-20)32-28(37)31-25-16-34(12-13-38-3)15-22(25)19-10-11-23(29)24(30)14-19/h5-11,14,21-22,25,36H,4,12-13,15-17H2,1-3H3,(H2,31,32,37)/t21-,22+,25-/m1/s1. The fourth-order valence-corrected chi connectivity index (χ4v) is 4.64. The number of hydrogen-bond acceptors (Lipinski definition) is 6. The maximum Gasteiger partial charge on any atom is 0.320 e. The van der Waals surface area contributed by atoms with Crippen LogP contribution in [-0.2, 0) is 4.74 Å². The number of anilines is 1. The Hall–Kier alpha value is -3.54. The highest BCUT2D eigenvalue weighted by atomic mass is 19.2. The number of aliphatic hydroxyl groups is 1. The molecule has 11 heteroatoms. The summed E-state index contributed by atoms with van der Waals surface area (Å²) >= 11 is 0. The van der Waals surface area contributed by atoms with Crippen molar-refractivity contribution in [3.63, 3.8) is 0 Å². The van der Waals surface area contributed by atoms with E-state index >= 15 is 0 Å². The summed E-state index contributed by atoms with van der Waals surface area (Å²) in [7, 11) is 1.62. The number of nitrogens with one attached hydrogen (secondary N) is 2. The van der Waals surface area contributed by atoms with E-state index in [-0.39, 0.29) is 18.6 Å². The molecule has 0 saturated carbocycles. The third-order valence-electron chi connectivity index (χ3n) is 6.89. The lowest BCUT2D eigenvalue weighted by Gasteiger charge is -2.21. The number of rotatable bonds is 11. The topological polar surface area (TPSA) is 101 Å². The van der Waals surface area contributed by atoms with Gasteiger partial charge in [-0.25, -0.2) is 18.3 Å². The number of amides is 2. The van der Waals surface area contributed by atoms with Crippen LogP contribution < -0.4 is 15.4 Å². The molecule has 2 amide bonds. The van der Waals surface area contributed by atoms with Crippen molar-refractivity contribution < 1.29 is 28.2 Å². The van der Waals surface area contributed by atoms with E-state index in [2.05, 4.69) is 20.6 Å². The van der Waals surface area contributed by atoms with E-state index in [9.17, 15) is 18.7 Å². The molecular weight excluding hydrogens is 508 g/mol. The fraction of sp³-hybridized carbons (Fsp3) is 0.429. The first-order valence-corrected chi connectivity index (χ1v) is 13.0. The van der Waals surface area contributed by atoms with Crippen LogP contribution in [0.5, 0.6) is 5.88 Å². The second kappa shape index (κ2) is 13.0. The molecule has 1 aromatic heterocycles. The molecule has 1 fully saturated rings. The largest absolute Gasteiger partial charge is 0.474 e. The molecule has 2 heterocycles. The van der Waals surface area contributed by atoms with Crippen molar-refractivity contribution in [1.82, 2.24) is 20.0 Å². The predicted octanol–water partition coefficient (Wildman–Crippen LogP) is 3.84. The van der Waals surface area contributed by atoms with Gasteiger partial charge in [-0.15, -0.1) is 5.10 Å². The number of halogens is 2. The zero-order valence-corrected chi connectivity index (χ0v) is 22.4. The number of methoxy groups -OCH3 is 1. The highest BCUT2D eigenvalue weighted by molar-refractivity contribution is 5.90. The maximum absolute atomic E-state index is 14.1. The van der Waals surface area contributed by atoms with E-state index in [1.807, 2.05) is 37.3 Å². The minimum Gasteiger partial charge on any atom is -0.474 e. The number of ether oxygens (including phenoxy) is 2. The number of carbonyl (C=O) groups is 1. The van der Waals surface area contributed by atoms with E-state index in [4.69, 9.17) is 9.47 Å². The van der Waals surface area contributed by atoms with Crippen molar-refractivity contribution >= 4 is 11.8 Å². The number of likely N-dealkylation sites (tertiary alicyclic amines) is 1. The van der Waals surface area contributed by atoms with Crippen LogP contribution >= 0.6 is 0 Å². The number of hydrogen-bond donors (Lipinski definition) is 3. The molecule has 1 aliphatic heterocycles. The Morgan fingerprint density at radius 3 is 2.64 bits per heavy atom. The van der Waals surface area contributed by atoms with Crippen LogP contribution in [0.3, 0.4) is 0 Å². The van der Waals surface area contributed by atoms with Crippen LogP contribution in [-0.4, -0.2) is 77.9 Å². The molecule has 0 bridgehead atoms. The minimum atomic E-state index is -0.922. The quantitative estimate of drug-likeness (QED) is 0.340. The Labute approximate surface area is 226 Å². The summed E-state index contributed by atoms with van der Waals surface area (Å²) in [5.74, 6) is -1.37. The Balaban J connectivity index is 1.56. The van der Waals surface area contributed by atoms with E-state index in [0.29, 0.717) is 61.2 Å². The molecule has 1 aliphatic rings. The van der Waals surface area contributed by atoms with Gasteiger partial charge in [-0.05, 0) is 43.2 Å². The first-order valence-electron chi connectivity index (χ1n) is 13.0. The number of aromatic nitrogens is 2. The average Bonchev–Trinajstić information content (AvgIpc) is 3.48. The third kappa shape index (κ3) is 6.92. The van der Waals surface area contributed by atoms with Crippen LogP contribution in [0.4, 0.5) is 19.4 Å². The monoisotopic (exact) mass is 543 g/mol. The van der Waals surface area contributed by atoms with Gasteiger partial charge in [0.1, 0.15) is 12.4 Å². The number of para-hydroxylation sites is 1. The van der Waals surface area contributed by atoms with Gasteiger partial charge >= 0.3 is 6.03 Å². The van der Waals surface area contributed by atoms with Gasteiger partial charge < -0.3 is 19.9 Å². The van der Waals surface area contributed by atoms with Gasteiger partial charge in [-0.1, -0.05) is 31.2 Å².